The maximum absolute atomic E-state index is 13.3. The monoisotopic (exact) mass is 458 g/mol. The minimum Gasteiger partial charge on any atom is -0.481 e. The van der Waals surface area contributed by atoms with E-state index in [4.69, 9.17) is 0 Å². The average molecular weight is 459 g/mol. The number of nitrogens with zero attached hydrogens (tertiary/aromatic N) is 2. The van der Waals surface area contributed by atoms with Gasteiger partial charge >= 0.3 is 5.97 Å². The van der Waals surface area contributed by atoms with Gasteiger partial charge in [0.25, 0.3) is 5.91 Å². The van der Waals surface area contributed by atoms with Crippen LogP contribution >= 0.6 is 0 Å². The third kappa shape index (κ3) is 4.98. The van der Waals surface area contributed by atoms with Crippen LogP contribution in [0.3, 0.4) is 0 Å². The van der Waals surface area contributed by atoms with Crippen LogP contribution in [0.1, 0.15) is 59.8 Å². The summed E-state index contributed by atoms with van der Waals surface area (Å²) in [6.07, 6.45) is 4.78. The van der Waals surface area contributed by atoms with Crippen molar-refractivity contribution in [3.8, 4) is 5.69 Å². The van der Waals surface area contributed by atoms with Crippen molar-refractivity contribution >= 4 is 17.7 Å². The molecule has 3 N–H and O–H groups in total. The Morgan fingerprint density at radius 2 is 1.68 bits per heavy atom. The normalized spacial score (nSPS) is 16.3. The topological polar surface area (TPSA) is 96.3 Å². The Balaban J connectivity index is 1.44. The molecule has 2 saturated carbocycles. The number of aryl methyl sites for hydroxylation is 1. The fraction of sp³-hybridized carbons (Fsp3) is 0.370. The van der Waals surface area contributed by atoms with Gasteiger partial charge in [0.2, 0.25) is 0 Å². The Kier molecular flexibility index (Phi) is 6.09. The molecule has 0 aliphatic heterocycles. The lowest BCUT2D eigenvalue weighted by atomic mass is 9.98. The van der Waals surface area contributed by atoms with Crippen molar-refractivity contribution in [1.29, 1.82) is 0 Å². The molecule has 2 aromatic carbocycles. The maximum atomic E-state index is 13.3. The number of rotatable bonds is 10. The van der Waals surface area contributed by atoms with E-state index >= 15 is 0 Å². The minimum absolute atomic E-state index is 0.202. The second-order valence-electron chi connectivity index (χ2n) is 9.49. The first kappa shape index (κ1) is 22.2. The highest BCUT2D eigenvalue weighted by Gasteiger charge is 2.42. The minimum atomic E-state index is -0.970. The van der Waals surface area contributed by atoms with Gasteiger partial charge in [0.1, 0.15) is 5.82 Å². The molecule has 2 aliphatic rings. The fourth-order valence-electron chi connectivity index (χ4n) is 4.69. The van der Waals surface area contributed by atoms with Gasteiger partial charge in [-0.3, -0.25) is 9.59 Å². The van der Waals surface area contributed by atoms with E-state index in [2.05, 4.69) is 15.7 Å². The molecule has 5 rings (SSSR count). The van der Waals surface area contributed by atoms with E-state index in [1.807, 2.05) is 61.5 Å². The summed E-state index contributed by atoms with van der Waals surface area (Å²) in [7, 11) is 0. The van der Waals surface area contributed by atoms with Crippen LogP contribution in [0, 0.1) is 18.8 Å². The lowest BCUT2D eigenvalue weighted by molar-refractivity contribution is -0.137. The fourth-order valence-corrected chi connectivity index (χ4v) is 4.69. The SMILES string of the molecule is Cc1ccccc1[C@H](CC(=O)O)NC(=O)c1cc(NC(C2CC2)C2CC2)n(-c2ccccc2)n1. The molecule has 3 aromatic rings. The summed E-state index contributed by atoms with van der Waals surface area (Å²) >= 11 is 0. The van der Waals surface area contributed by atoms with Crippen LogP contribution in [0.2, 0.25) is 0 Å². The number of anilines is 1. The summed E-state index contributed by atoms with van der Waals surface area (Å²) < 4.78 is 1.78. The van der Waals surface area contributed by atoms with Gasteiger partial charge in [-0.2, -0.15) is 5.10 Å². The first-order valence-electron chi connectivity index (χ1n) is 12.0. The average Bonchev–Trinajstić information content (AvgIpc) is 3.76. The van der Waals surface area contributed by atoms with Crippen LogP contribution in [0.15, 0.2) is 60.7 Å². The molecule has 1 aromatic heterocycles. The van der Waals surface area contributed by atoms with E-state index in [1.54, 1.807) is 10.7 Å². The molecule has 0 bridgehead atoms. The van der Waals surface area contributed by atoms with Crippen LogP contribution in [-0.4, -0.2) is 32.8 Å². The largest absolute Gasteiger partial charge is 0.481 e. The molecule has 0 saturated heterocycles. The highest BCUT2D eigenvalue weighted by Crippen LogP contribution is 2.46. The number of aliphatic carboxylic acids is 1. The Hall–Kier alpha value is -3.61. The zero-order valence-corrected chi connectivity index (χ0v) is 19.3. The van der Waals surface area contributed by atoms with Crippen molar-refractivity contribution in [1.82, 2.24) is 15.1 Å². The number of hydrogen-bond acceptors (Lipinski definition) is 4. The van der Waals surface area contributed by atoms with Gasteiger partial charge in [0.15, 0.2) is 5.69 Å². The molecular weight excluding hydrogens is 428 g/mol. The van der Waals surface area contributed by atoms with Gasteiger partial charge in [-0.25, -0.2) is 4.68 Å². The summed E-state index contributed by atoms with van der Waals surface area (Å²) in [6, 6.07) is 18.8. The highest BCUT2D eigenvalue weighted by molar-refractivity contribution is 5.93. The molecule has 34 heavy (non-hydrogen) atoms. The van der Waals surface area contributed by atoms with E-state index in [1.165, 1.54) is 25.7 Å². The molecule has 176 valence electrons. The number of nitrogens with one attached hydrogen (secondary N) is 2. The molecule has 7 heteroatoms. The summed E-state index contributed by atoms with van der Waals surface area (Å²) in [5.41, 5.74) is 2.86. The van der Waals surface area contributed by atoms with Crippen molar-refractivity contribution in [3.63, 3.8) is 0 Å². The molecule has 1 atom stereocenters. The Bertz CT molecular complexity index is 1170. The number of carbonyl (C=O) groups is 2. The van der Waals surface area contributed by atoms with E-state index in [-0.39, 0.29) is 18.0 Å². The van der Waals surface area contributed by atoms with Crippen LogP contribution in [0.5, 0.6) is 0 Å². The lowest BCUT2D eigenvalue weighted by Crippen LogP contribution is -2.31. The summed E-state index contributed by atoms with van der Waals surface area (Å²) in [5, 5.41) is 20.7. The van der Waals surface area contributed by atoms with Gasteiger partial charge in [-0.15, -0.1) is 0 Å². The van der Waals surface area contributed by atoms with Crippen LogP contribution in [0.4, 0.5) is 5.82 Å². The summed E-state index contributed by atoms with van der Waals surface area (Å²) in [4.78, 5) is 24.8. The number of para-hydroxylation sites is 1. The number of hydrogen-bond donors (Lipinski definition) is 3. The number of aromatic nitrogens is 2. The van der Waals surface area contributed by atoms with Crippen LogP contribution in [-0.2, 0) is 4.79 Å². The highest BCUT2D eigenvalue weighted by atomic mass is 16.4. The van der Waals surface area contributed by atoms with Crippen molar-refractivity contribution in [2.75, 3.05) is 5.32 Å². The standard InChI is InChI=1S/C27H30N4O3/c1-17-7-5-6-10-21(17)22(16-25(32)33)28-27(34)23-15-24(29-26(18-11-12-18)19-13-14-19)31(30-23)20-8-3-2-4-9-20/h2-10,15,18-19,22,26,29H,11-14,16H2,1H3,(H,28,34)(H,32,33)/t22-/m0/s1. The zero-order valence-electron chi connectivity index (χ0n) is 19.3. The van der Waals surface area contributed by atoms with Crippen molar-refractivity contribution in [2.45, 2.75) is 51.1 Å². The van der Waals surface area contributed by atoms with Gasteiger partial charge in [-0.05, 0) is 67.7 Å². The first-order valence-corrected chi connectivity index (χ1v) is 12.0. The molecule has 2 fully saturated rings. The zero-order chi connectivity index (χ0) is 23.7. The summed E-state index contributed by atoms with van der Waals surface area (Å²) in [6.45, 7) is 1.92. The Morgan fingerprint density at radius 3 is 2.29 bits per heavy atom. The predicted molar refractivity (Wildman–Crippen MR) is 130 cm³/mol. The molecule has 7 nitrogen and oxygen atoms in total. The Labute approximate surface area is 199 Å². The quantitative estimate of drug-likeness (QED) is 0.408. The van der Waals surface area contributed by atoms with Gasteiger partial charge < -0.3 is 15.7 Å². The molecular formula is C27H30N4O3. The molecule has 0 radical (unpaired) electrons. The first-order chi connectivity index (χ1) is 16.5. The van der Waals surface area contributed by atoms with Gasteiger partial charge in [0, 0.05) is 12.1 Å². The number of benzene rings is 2. The second-order valence-corrected chi connectivity index (χ2v) is 9.49. The third-order valence-corrected chi connectivity index (χ3v) is 6.77. The molecule has 0 spiro atoms. The van der Waals surface area contributed by atoms with Gasteiger partial charge in [0.05, 0.1) is 18.2 Å². The number of carboxylic acids is 1. The lowest BCUT2D eigenvalue weighted by Gasteiger charge is -2.19. The molecule has 1 heterocycles. The van der Waals surface area contributed by atoms with E-state index in [0.29, 0.717) is 17.9 Å². The smallest absolute Gasteiger partial charge is 0.305 e. The molecule has 2 aliphatic carbocycles. The van der Waals surface area contributed by atoms with Crippen LogP contribution in [0.25, 0.3) is 5.69 Å². The Morgan fingerprint density at radius 1 is 1.03 bits per heavy atom. The second kappa shape index (κ2) is 9.33. The van der Waals surface area contributed by atoms with Gasteiger partial charge in [-0.1, -0.05) is 42.5 Å². The summed E-state index contributed by atoms with van der Waals surface area (Å²) in [5.74, 6) is 0.810. The van der Waals surface area contributed by atoms with Crippen molar-refractivity contribution < 1.29 is 14.7 Å². The van der Waals surface area contributed by atoms with E-state index in [9.17, 15) is 14.7 Å². The molecule has 0 unspecified atom stereocenters. The number of amides is 1. The van der Waals surface area contributed by atoms with Crippen molar-refractivity contribution in [2.24, 2.45) is 11.8 Å². The maximum Gasteiger partial charge on any atom is 0.305 e. The number of carboxylic acid groups (broad SMARTS) is 1. The van der Waals surface area contributed by atoms with Crippen molar-refractivity contribution in [3.05, 3.63) is 77.5 Å². The van der Waals surface area contributed by atoms with E-state index < -0.39 is 12.0 Å². The van der Waals surface area contributed by atoms with Crippen LogP contribution < -0.4 is 10.6 Å². The third-order valence-electron chi connectivity index (χ3n) is 6.77. The number of carbonyl (C=O) groups excluding carboxylic acids is 1. The predicted octanol–water partition coefficient (Wildman–Crippen LogP) is 4.73. The van der Waals surface area contributed by atoms with E-state index in [0.717, 1.165) is 22.6 Å². The molecule has 1 amide bonds.